The van der Waals surface area contributed by atoms with Crippen molar-refractivity contribution in [2.45, 2.75) is 39.0 Å². The molecule has 21 heavy (non-hydrogen) atoms. The Morgan fingerprint density at radius 3 is 2.43 bits per heavy atom. The van der Waals surface area contributed by atoms with E-state index in [1.54, 1.807) is 19.1 Å². The summed E-state index contributed by atoms with van der Waals surface area (Å²) in [6.07, 6.45) is 0.483. The Morgan fingerprint density at radius 2 is 1.86 bits per heavy atom. The van der Waals surface area contributed by atoms with Gasteiger partial charge in [-0.25, -0.2) is 18.1 Å². The number of rotatable bonds is 5. The first-order valence-corrected chi connectivity index (χ1v) is 8.28. The molecule has 2 rings (SSSR count). The van der Waals surface area contributed by atoms with E-state index in [4.69, 9.17) is 4.42 Å². The lowest BCUT2D eigenvalue weighted by Gasteiger charge is -2.08. The van der Waals surface area contributed by atoms with Gasteiger partial charge in [-0.15, -0.1) is 0 Å². The molecule has 1 N–H and O–H groups in total. The van der Waals surface area contributed by atoms with Gasteiger partial charge in [0.05, 0.1) is 10.6 Å². The second-order valence-electron chi connectivity index (χ2n) is 5.14. The molecular formula is C15H20N2O3S. The van der Waals surface area contributed by atoms with Crippen LogP contribution in [0.25, 0.3) is 0 Å². The molecule has 1 aromatic carbocycles. The fourth-order valence-corrected chi connectivity index (χ4v) is 3.19. The Kier molecular flexibility index (Phi) is 4.49. The average Bonchev–Trinajstić information content (AvgIpc) is 2.71. The molecule has 1 aromatic heterocycles. The molecule has 0 aliphatic carbocycles. The summed E-state index contributed by atoms with van der Waals surface area (Å²) < 4.78 is 32.5. The van der Waals surface area contributed by atoms with E-state index in [0.29, 0.717) is 12.3 Å². The third-order valence-electron chi connectivity index (χ3n) is 3.43. The molecule has 0 aliphatic heterocycles. The van der Waals surface area contributed by atoms with E-state index in [1.807, 2.05) is 26.8 Å². The number of nitrogens with zero attached hydrogens (tertiary/aromatic N) is 1. The molecule has 0 saturated heterocycles. The number of sulfonamides is 1. The molecule has 0 atom stereocenters. The van der Waals surface area contributed by atoms with Crippen molar-refractivity contribution >= 4 is 10.0 Å². The molecular weight excluding hydrogens is 288 g/mol. The highest BCUT2D eigenvalue weighted by Gasteiger charge is 2.15. The van der Waals surface area contributed by atoms with Gasteiger partial charge < -0.3 is 4.42 Å². The van der Waals surface area contributed by atoms with Gasteiger partial charge in [-0.3, -0.25) is 0 Å². The van der Waals surface area contributed by atoms with Crippen molar-refractivity contribution in [2.24, 2.45) is 0 Å². The maximum Gasteiger partial charge on any atom is 0.240 e. The minimum atomic E-state index is -3.49. The van der Waals surface area contributed by atoms with Crippen LogP contribution in [0.4, 0.5) is 0 Å². The van der Waals surface area contributed by atoms with E-state index in [9.17, 15) is 8.42 Å². The number of nitrogens with one attached hydrogen (secondary N) is 1. The van der Waals surface area contributed by atoms with Gasteiger partial charge in [0.25, 0.3) is 0 Å². The zero-order valence-electron chi connectivity index (χ0n) is 12.7. The topological polar surface area (TPSA) is 72.2 Å². The van der Waals surface area contributed by atoms with E-state index in [0.717, 1.165) is 22.6 Å². The van der Waals surface area contributed by atoms with Crippen molar-refractivity contribution < 1.29 is 12.8 Å². The van der Waals surface area contributed by atoms with Gasteiger partial charge in [-0.2, -0.15) is 0 Å². The van der Waals surface area contributed by atoms with E-state index < -0.39 is 10.0 Å². The second-order valence-corrected chi connectivity index (χ2v) is 6.90. The van der Waals surface area contributed by atoms with Crippen LogP contribution in [-0.2, 0) is 16.4 Å². The zero-order valence-corrected chi connectivity index (χ0v) is 13.5. The Bertz CT molecular complexity index is 748. The van der Waals surface area contributed by atoms with Gasteiger partial charge in [-0.05, 0) is 44.0 Å². The molecule has 0 amide bonds. The molecule has 6 heteroatoms. The van der Waals surface area contributed by atoms with Crippen LogP contribution in [0.2, 0.25) is 0 Å². The van der Waals surface area contributed by atoms with Crippen LogP contribution < -0.4 is 4.72 Å². The van der Waals surface area contributed by atoms with Crippen molar-refractivity contribution in [3.8, 4) is 0 Å². The predicted molar refractivity (Wildman–Crippen MR) is 80.8 cm³/mol. The quantitative estimate of drug-likeness (QED) is 0.921. The lowest BCUT2D eigenvalue weighted by Crippen LogP contribution is -2.26. The summed E-state index contributed by atoms with van der Waals surface area (Å²) in [7, 11) is -3.49. The number of oxazole rings is 1. The van der Waals surface area contributed by atoms with Crippen molar-refractivity contribution in [1.29, 1.82) is 0 Å². The molecule has 0 fully saturated rings. The number of benzene rings is 1. The second kappa shape index (κ2) is 5.99. The Balaban J connectivity index is 2.04. The molecule has 0 bridgehead atoms. The standard InChI is InChI=1S/C15H20N2O3S/c1-10-5-6-14(9-11(10)2)21(18,19)16-8-7-15-12(3)17-13(4)20-15/h5-6,9,16H,7-8H2,1-4H3. The predicted octanol–water partition coefficient (Wildman–Crippen LogP) is 2.43. The normalized spacial score (nSPS) is 11.8. The number of aromatic nitrogens is 1. The highest BCUT2D eigenvalue weighted by Crippen LogP contribution is 2.15. The fourth-order valence-electron chi connectivity index (χ4n) is 2.07. The van der Waals surface area contributed by atoms with Crippen molar-refractivity contribution in [3.05, 3.63) is 46.7 Å². The van der Waals surface area contributed by atoms with Crippen molar-refractivity contribution in [2.75, 3.05) is 6.54 Å². The fraction of sp³-hybridized carbons (Fsp3) is 0.400. The monoisotopic (exact) mass is 308 g/mol. The lowest BCUT2D eigenvalue weighted by molar-refractivity contribution is 0.472. The zero-order chi connectivity index (χ0) is 15.6. The first-order valence-electron chi connectivity index (χ1n) is 6.79. The maximum absolute atomic E-state index is 12.2. The minimum Gasteiger partial charge on any atom is -0.446 e. The number of hydrogen-bond acceptors (Lipinski definition) is 4. The van der Waals surface area contributed by atoms with E-state index in [2.05, 4.69) is 9.71 Å². The van der Waals surface area contributed by atoms with Crippen LogP contribution in [0.3, 0.4) is 0 Å². The molecule has 0 saturated carbocycles. The SMILES string of the molecule is Cc1nc(C)c(CCNS(=O)(=O)c2ccc(C)c(C)c2)o1. The summed E-state index contributed by atoms with van der Waals surface area (Å²) >= 11 is 0. The molecule has 0 spiro atoms. The summed E-state index contributed by atoms with van der Waals surface area (Å²) in [5, 5.41) is 0. The number of hydrogen-bond donors (Lipinski definition) is 1. The molecule has 5 nitrogen and oxygen atoms in total. The highest BCUT2D eigenvalue weighted by molar-refractivity contribution is 7.89. The van der Waals surface area contributed by atoms with E-state index in [1.165, 1.54) is 0 Å². The third kappa shape index (κ3) is 3.71. The summed E-state index contributed by atoms with van der Waals surface area (Å²) in [5.74, 6) is 1.31. The lowest BCUT2D eigenvalue weighted by atomic mass is 10.1. The maximum atomic E-state index is 12.2. The largest absolute Gasteiger partial charge is 0.446 e. The minimum absolute atomic E-state index is 0.282. The Labute approximate surface area is 125 Å². The van der Waals surface area contributed by atoms with Gasteiger partial charge in [-0.1, -0.05) is 6.07 Å². The van der Waals surface area contributed by atoms with Crippen LogP contribution in [-0.4, -0.2) is 19.9 Å². The average molecular weight is 308 g/mol. The summed E-state index contributed by atoms with van der Waals surface area (Å²) in [4.78, 5) is 4.45. The molecule has 114 valence electrons. The molecule has 0 radical (unpaired) electrons. The van der Waals surface area contributed by atoms with E-state index >= 15 is 0 Å². The van der Waals surface area contributed by atoms with Crippen LogP contribution >= 0.6 is 0 Å². The van der Waals surface area contributed by atoms with Gasteiger partial charge in [0.2, 0.25) is 10.0 Å². The van der Waals surface area contributed by atoms with Gasteiger partial charge >= 0.3 is 0 Å². The van der Waals surface area contributed by atoms with Crippen molar-refractivity contribution in [3.63, 3.8) is 0 Å². The van der Waals surface area contributed by atoms with Gasteiger partial charge in [0.15, 0.2) is 5.89 Å². The smallest absolute Gasteiger partial charge is 0.240 e. The summed E-state index contributed by atoms with van der Waals surface area (Å²) in [6, 6.07) is 5.11. The summed E-state index contributed by atoms with van der Waals surface area (Å²) in [5.41, 5.74) is 2.83. The third-order valence-corrected chi connectivity index (χ3v) is 4.89. The number of aryl methyl sites for hydroxylation is 4. The van der Waals surface area contributed by atoms with Crippen LogP contribution in [0.5, 0.6) is 0 Å². The Morgan fingerprint density at radius 1 is 1.14 bits per heavy atom. The molecule has 0 unspecified atom stereocenters. The Hall–Kier alpha value is -1.66. The van der Waals surface area contributed by atoms with Gasteiger partial charge in [0.1, 0.15) is 5.76 Å². The molecule has 2 aromatic rings. The van der Waals surface area contributed by atoms with Crippen LogP contribution in [0.15, 0.2) is 27.5 Å². The van der Waals surface area contributed by atoms with Crippen molar-refractivity contribution in [1.82, 2.24) is 9.71 Å². The first-order chi connectivity index (χ1) is 9.79. The van der Waals surface area contributed by atoms with Gasteiger partial charge in [0, 0.05) is 19.9 Å². The van der Waals surface area contributed by atoms with Crippen LogP contribution in [0.1, 0.15) is 28.5 Å². The molecule has 0 aliphatic rings. The highest BCUT2D eigenvalue weighted by atomic mass is 32.2. The van der Waals surface area contributed by atoms with E-state index in [-0.39, 0.29) is 11.4 Å². The summed E-state index contributed by atoms with van der Waals surface area (Å²) in [6.45, 7) is 7.76. The molecule has 1 heterocycles. The van der Waals surface area contributed by atoms with Crippen LogP contribution in [0, 0.1) is 27.7 Å². The first kappa shape index (κ1) is 15.7.